The van der Waals surface area contributed by atoms with Gasteiger partial charge in [-0.15, -0.1) is 0 Å². The quantitative estimate of drug-likeness (QED) is 0.555. The van der Waals surface area contributed by atoms with E-state index < -0.39 is 0 Å². The van der Waals surface area contributed by atoms with Crippen LogP contribution in [0.5, 0.6) is 0 Å². The number of nitrogens with zero attached hydrogens (tertiary/aromatic N) is 1. The first-order valence-corrected chi connectivity index (χ1v) is 7.24. The zero-order chi connectivity index (χ0) is 15.8. The molecule has 0 saturated heterocycles. The number of nitrogens with one attached hydrogen (secondary N) is 1. The van der Waals surface area contributed by atoms with Crippen LogP contribution in [0.15, 0.2) is 60.8 Å². The molecule has 0 spiro atoms. The third kappa shape index (κ3) is 2.21. The maximum Gasteiger partial charge on any atom is 0.258 e. The zero-order valence-electron chi connectivity index (χ0n) is 12.1. The Kier molecular flexibility index (Phi) is 3.01. The standard InChI is InChI=1S/C19H12N2O2/c22-18-15-7-2-1-6-14(15)16(19(23)21-18)11-12-9-10-20-17-8-4-3-5-13(12)17/h1-11H,(H,21,22,23). The van der Waals surface area contributed by atoms with E-state index in [0.29, 0.717) is 16.7 Å². The number of carbonyl (C=O) groups is 2. The third-order valence-corrected chi connectivity index (χ3v) is 3.92. The second-order valence-electron chi connectivity index (χ2n) is 5.30. The van der Waals surface area contributed by atoms with E-state index in [1.165, 1.54) is 0 Å². The summed E-state index contributed by atoms with van der Waals surface area (Å²) < 4.78 is 0. The van der Waals surface area contributed by atoms with Crippen LogP contribution in [0.4, 0.5) is 0 Å². The number of rotatable bonds is 1. The van der Waals surface area contributed by atoms with Gasteiger partial charge < -0.3 is 0 Å². The molecule has 0 bridgehead atoms. The Balaban J connectivity index is 1.95. The van der Waals surface area contributed by atoms with E-state index >= 15 is 0 Å². The molecule has 0 saturated carbocycles. The lowest BCUT2D eigenvalue weighted by atomic mass is 9.93. The van der Waals surface area contributed by atoms with Crippen molar-refractivity contribution in [1.29, 1.82) is 0 Å². The third-order valence-electron chi connectivity index (χ3n) is 3.92. The van der Waals surface area contributed by atoms with Crippen molar-refractivity contribution in [2.24, 2.45) is 0 Å². The van der Waals surface area contributed by atoms with Gasteiger partial charge in [-0.2, -0.15) is 0 Å². The molecular formula is C19H12N2O2. The lowest BCUT2D eigenvalue weighted by molar-refractivity contribution is -0.114. The largest absolute Gasteiger partial charge is 0.288 e. The number of pyridine rings is 1. The normalized spacial score (nSPS) is 15.6. The molecule has 0 fully saturated rings. The molecule has 0 atom stereocenters. The molecule has 4 rings (SSSR count). The number of hydrogen-bond donors (Lipinski definition) is 1. The van der Waals surface area contributed by atoms with E-state index in [1.807, 2.05) is 42.5 Å². The monoisotopic (exact) mass is 300 g/mol. The van der Waals surface area contributed by atoms with Crippen LogP contribution in [-0.2, 0) is 4.79 Å². The summed E-state index contributed by atoms with van der Waals surface area (Å²) in [6.07, 6.45) is 3.52. The molecule has 1 aromatic heterocycles. The minimum absolute atomic E-state index is 0.359. The molecule has 3 aromatic rings. The summed E-state index contributed by atoms with van der Waals surface area (Å²) >= 11 is 0. The minimum atomic E-state index is -0.380. The first-order chi connectivity index (χ1) is 11.2. The number of imide groups is 1. The van der Waals surface area contributed by atoms with E-state index in [4.69, 9.17) is 0 Å². The van der Waals surface area contributed by atoms with Crippen molar-refractivity contribution in [3.05, 3.63) is 77.5 Å². The molecule has 1 aliphatic rings. The fourth-order valence-electron chi connectivity index (χ4n) is 2.82. The SMILES string of the molecule is O=C1NC(=O)c2ccccc2C1=Cc1ccnc2ccccc12. The summed E-state index contributed by atoms with van der Waals surface area (Å²) in [5.41, 5.74) is 3.41. The van der Waals surface area contributed by atoms with Crippen molar-refractivity contribution in [2.75, 3.05) is 0 Å². The van der Waals surface area contributed by atoms with Crippen LogP contribution in [0.25, 0.3) is 22.6 Å². The Morgan fingerprint density at radius 1 is 0.826 bits per heavy atom. The summed E-state index contributed by atoms with van der Waals surface area (Å²) in [5.74, 6) is -0.739. The molecule has 0 unspecified atom stereocenters. The van der Waals surface area contributed by atoms with Crippen LogP contribution in [-0.4, -0.2) is 16.8 Å². The van der Waals surface area contributed by atoms with Crippen LogP contribution in [0.2, 0.25) is 0 Å². The van der Waals surface area contributed by atoms with E-state index in [0.717, 1.165) is 16.5 Å². The van der Waals surface area contributed by atoms with Gasteiger partial charge in [0.25, 0.3) is 11.8 Å². The fraction of sp³-hybridized carbons (Fsp3) is 0. The maximum atomic E-state index is 12.3. The highest BCUT2D eigenvalue weighted by Gasteiger charge is 2.26. The molecule has 23 heavy (non-hydrogen) atoms. The van der Waals surface area contributed by atoms with Crippen LogP contribution in [0.1, 0.15) is 21.5 Å². The van der Waals surface area contributed by atoms with Crippen molar-refractivity contribution in [3.63, 3.8) is 0 Å². The average Bonchev–Trinajstić information content (AvgIpc) is 2.59. The Labute approximate surface area is 132 Å². The van der Waals surface area contributed by atoms with Gasteiger partial charge in [0.2, 0.25) is 0 Å². The number of aromatic nitrogens is 1. The molecule has 0 radical (unpaired) electrons. The van der Waals surface area contributed by atoms with Gasteiger partial charge in [-0.1, -0.05) is 36.4 Å². The second-order valence-corrected chi connectivity index (χ2v) is 5.30. The highest BCUT2D eigenvalue weighted by molar-refractivity contribution is 6.34. The molecule has 2 aromatic carbocycles. The summed E-state index contributed by atoms with van der Waals surface area (Å²) in [5, 5.41) is 3.35. The van der Waals surface area contributed by atoms with Gasteiger partial charge in [0, 0.05) is 22.7 Å². The lowest BCUT2D eigenvalue weighted by Crippen LogP contribution is -2.36. The van der Waals surface area contributed by atoms with E-state index in [9.17, 15) is 9.59 Å². The van der Waals surface area contributed by atoms with Gasteiger partial charge in [-0.3, -0.25) is 19.9 Å². The summed E-state index contributed by atoms with van der Waals surface area (Å²) in [7, 11) is 0. The Morgan fingerprint density at radius 3 is 2.43 bits per heavy atom. The van der Waals surface area contributed by atoms with Gasteiger partial charge in [0.05, 0.1) is 5.52 Å². The predicted molar refractivity (Wildman–Crippen MR) is 88.5 cm³/mol. The zero-order valence-corrected chi connectivity index (χ0v) is 12.1. The maximum absolute atomic E-state index is 12.3. The number of carbonyl (C=O) groups excluding carboxylic acids is 2. The number of para-hydroxylation sites is 1. The van der Waals surface area contributed by atoms with Crippen molar-refractivity contribution < 1.29 is 9.59 Å². The highest BCUT2D eigenvalue weighted by Crippen LogP contribution is 2.28. The smallest absolute Gasteiger partial charge is 0.258 e. The molecule has 4 nitrogen and oxygen atoms in total. The summed E-state index contributed by atoms with van der Waals surface area (Å²) in [6, 6.07) is 16.7. The second kappa shape index (κ2) is 5.18. The van der Waals surface area contributed by atoms with Crippen LogP contribution in [0.3, 0.4) is 0 Å². The van der Waals surface area contributed by atoms with Crippen molar-refractivity contribution in [1.82, 2.24) is 10.3 Å². The van der Waals surface area contributed by atoms with Crippen LogP contribution < -0.4 is 5.32 Å². The number of amides is 2. The Morgan fingerprint density at radius 2 is 1.57 bits per heavy atom. The molecular weight excluding hydrogens is 288 g/mol. The first-order valence-electron chi connectivity index (χ1n) is 7.24. The van der Waals surface area contributed by atoms with Crippen molar-refractivity contribution >= 4 is 34.4 Å². The minimum Gasteiger partial charge on any atom is -0.288 e. The van der Waals surface area contributed by atoms with Crippen molar-refractivity contribution in [3.8, 4) is 0 Å². The van der Waals surface area contributed by atoms with E-state index in [-0.39, 0.29) is 11.8 Å². The summed E-state index contributed by atoms with van der Waals surface area (Å²) in [4.78, 5) is 28.6. The van der Waals surface area contributed by atoms with E-state index in [2.05, 4.69) is 10.3 Å². The lowest BCUT2D eigenvalue weighted by Gasteiger charge is -2.18. The molecule has 2 amide bonds. The molecule has 2 heterocycles. The first kappa shape index (κ1) is 13.4. The molecule has 1 N–H and O–H groups in total. The van der Waals surface area contributed by atoms with Gasteiger partial charge in [-0.05, 0) is 35.4 Å². The summed E-state index contributed by atoms with van der Waals surface area (Å²) in [6.45, 7) is 0. The van der Waals surface area contributed by atoms with Crippen molar-refractivity contribution in [2.45, 2.75) is 0 Å². The number of benzene rings is 2. The average molecular weight is 300 g/mol. The predicted octanol–water partition coefficient (Wildman–Crippen LogP) is 3.05. The fourth-order valence-corrected chi connectivity index (χ4v) is 2.82. The molecule has 4 heteroatoms. The number of hydrogen-bond acceptors (Lipinski definition) is 3. The van der Waals surface area contributed by atoms with Gasteiger partial charge >= 0.3 is 0 Å². The highest BCUT2D eigenvalue weighted by atomic mass is 16.2. The Bertz CT molecular complexity index is 984. The number of fused-ring (bicyclic) bond motifs is 2. The van der Waals surface area contributed by atoms with E-state index in [1.54, 1.807) is 24.4 Å². The molecule has 1 aliphatic heterocycles. The van der Waals surface area contributed by atoms with Gasteiger partial charge in [0.15, 0.2) is 0 Å². The Hall–Kier alpha value is -3.27. The molecule has 0 aliphatic carbocycles. The van der Waals surface area contributed by atoms with Crippen LogP contribution >= 0.6 is 0 Å². The van der Waals surface area contributed by atoms with Gasteiger partial charge in [-0.25, -0.2) is 0 Å². The molecule has 110 valence electrons. The van der Waals surface area contributed by atoms with Crippen LogP contribution in [0, 0.1) is 0 Å². The van der Waals surface area contributed by atoms with Gasteiger partial charge in [0.1, 0.15) is 0 Å². The topological polar surface area (TPSA) is 59.1 Å².